The van der Waals surface area contributed by atoms with Gasteiger partial charge in [-0.15, -0.1) is 0 Å². The molecule has 7 heteroatoms. The van der Waals surface area contributed by atoms with Crippen molar-refractivity contribution in [2.45, 2.75) is 64.6 Å². The Balaban J connectivity index is 2.14. The molecule has 0 spiro atoms. The number of rotatable bonds is 6. The van der Waals surface area contributed by atoms with Crippen LogP contribution in [0.15, 0.2) is 17.1 Å². The van der Waals surface area contributed by atoms with Crippen molar-refractivity contribution in [2.75, 3.05) is 6.61 Å². The van der Waals surface area contributed by atoms with Crippen LogP contribution in [0.1, 0.15) is 62.4 Å². The van der Waals surface area contributed by atoms with Crippen molar-refractivity contribution in [3.63, 3.8) is 0 Å². The molecule has 2 aromatic heterocycles. The van der Waals surface area contributed by atoms with Gasteiger partial charge in [0.15, 0.2) is 5.65 Å². The van der Waals surface area contributed by atoms with Crippen LogP contribution in [0.3, 0.4) is 0 Å². The summed E-state index contributed by atoms with van der Waals surface area (Å²) >= 11 is 0. The van der Waals surface area contributed by atoms with E-state index in [0.29, 0.717) is 24.3 Å². The maximum Gasteiger partial charge on any atom is 0.337 e. The number of carboxylic acid groups (broad SMARTS) is 1. The molecule has 3 heterocycles. The number of nitrogens with zero attached hydrogens (tertiary/aromatic N) is 3. The molecule has 1 aliphatic rings. The predicted octanol–water partition coefficient (Wildman–Crippen LogP) is 2.83. The average Bonchev–Trinajstić information content (AvgIpc) is 2.89. The number of aromatic nitrogens is 3. The topological polar surface area (TPSA) is 86.3 Å². The quantitative estimate of drug-likeness (QED) is 0.868. The summed E-state index contributed by atoms with van der Waals surface area (Å²) in [6.07, 6.45) is 5.99. The van der Waals surface area contributed by atoms with Gasteiger partial charge in [0.25, 0.3) is 0 Å². The summed E-state index contributed by atoms with van der Waals surface area (Å²) < 4.78 is 9.13. The van der Waals surface area contributed by atoms with Gasteiger partial charge >= 0.3 is 11.7 Å². The largest absolute Gasteiger partial charge is 0.478 e. The first-order chi connectivity index (χ1) is 12.1. The van der Waals surface area contributed by atoms with Crippen molar-refractivity contribution in [3.05, 3.63) is 28.3 Å². The second-order valence-corrected chi connectivity index (χ2v) is 6.59. The first kappa shape index (κ1) is 17.7. The van der Waals surface area contributed by atoms with E-state index in [9.17, 15) is 14.7 Å². The smallest absolute Gasteiger partial charge is 0.337 e. The molecule has 25 heavy (non-hydrogen) atoms. The van der Waals surface area contributed by atoms with E-state index in [4.69, 9.17) is 4.74 Å². The van der Waals surface area contributed by atoms with Crippen LogP contribution < -0.4 is 5.69 Å². The van der Waals surface area contributed by atoms with Crippen LogP contribution in [0.5, 0.6) is 0 Å². The molecule has 0 aromatic carbocycles. The van der Waals surface area contributed by atoms with Gasteiger partial charge in [0.2, 0.25) is 0 Å². The lowest BCUT2D eigenvalue weighted by Crippen LogP contribution is -2.32. The molecule has 1 saturated heterocycles. The fourth-order valence-corrected chi connectivity index (χ4v) is 3.59. The Labute approximate surface area is 146 Å². The summed E-state index contributed by atoms with van der Waals surface area (Å²) in [4.78, 5) is 28.7. The van der Waals surface area contributed by atoms with Gasteiger partial charge in [0.05, 0.1) is 23.7 Å². The molecule has 136 valence electrons. The van der Waals surface area contributed by atoms with E-state index in [1.165, 1.54) is 6.20 Å². The van der Waals surface area contributed by atoms with Gasteiger partial charge in [-0.1, -0.05) is 13.8 Å². The van der Waals surface area contributed by atoms with E-state index in [1.807, 2.05) is 13.8 Å². The van der Waals surface area contributed by atoms with E-state index in [-0.39, 0.29) is 23.4 Å². The highest BCUT2D eigenvalue weighted by atomic mass is 16.5. The van der Waals surface area contributed by atoms with Crippen LogP contribution >= 0.6 is 0 Å². The van der Waals surface area contributed by atoms with Gasteiger partial charge < -0.3 is 9.84 Å². The standard InChI is InChI=1S/C18H25N3O4/c1-3-13(4-2)21-16-15(9-12(10-19-16)17(22)23)20(18(21)24)11-14-7-5-6-8-25-14/h9-10,13-14H,3-8,11H2,1-2H3,(H,22,23)/t14-/m1/s1. The Morgan fingerprint density at radius 1 is 1.40 bits per heavy atom. The van der Waals surface area contributed by atoms with Gasteiger partial charge in [-0.2, -0.15) is 0 Å². The minimum atomic E-state index is -1.04. The molecule has 0 saturated carbocycles. The molecule has 1 fully saturated rings. The summed E-state index contributed by atoms with van der Waals surface area (Å²) in [5, 5.41) is 9.28. The Morgan fingerprint density at radius 2 is 2.16 bits per heavy atom. The lowest BCUT2D eigenvalue weighted by atomic mass is 10.1. The number of fused-ring (bicyclic) bond motifs is 1. The minimum absolute atomic E-state index is 0.0133. The van der Waals surface area contributed by atoms with Crippen molar-refractivity contribution in [1.82, 2.24) is 14.1 Å². The van der Waals surface area contributed by atoms with Gasteiger partial charge in [-0.3, -0.25) is 9.13 Å². The Kier molecular flexibility index (Phi) is 5.22. The van der Waals surface area contributed by atoms with Crippen LogP contribution in [-0.4, -0.2) is 37.9 Å². The van der Waals surface area contributed by atoms with Gasteiger partial charge in [-0.25, -0.2) is 14.6 Å². The molecule has 0 amide bonds. The molecule has 1 aliphatic heterocycles. The average molecular weight is 347 g/mol. The predicted molar refractivity (Wildman–Crippen MR) is 94.2 cm³/mol. The zero-order chi connectivity index (χ0) is 18.0. The molecule has 0 radical (unpaired) electrons. The second-order valence-electron chi connectivity index (χ2n) is 6.59. The molecule has 3 rings (SSSR count). The number of carboxylic acids is 1. The number of ether oxygens (including phenoxy) is 1. The van der Waals surface area contributed by atoms with Crippen LogP contribution in [0.2, 0.25) is 0 Å². The summed E-state index contributed by atoms with van der Waals surface area (Å²) in [7, 11) is 0. The van der Waals surface area contributed by atoms with Crippen molar-refractivity contribution >= 4 is 17.1 Å². The molecule has 0 bridgehead atoms. The molecule has 1 atom stereocenters. The highest BCUT2D eigenvalue weighted by molar-refractivity contribution is 5.91. The second kappa shape index (κ2) is 7.39. The Morgan fingerprint density at radius 3 is 2.76 bits per heavy atom. The third-order valence-corrected chi connectivity index (χ3v) is 5.02. The Bertz CT molecular complexity index is 814. The molecular formula is C18H25N3O4. The SMILES string of the molecule is CCC(CC)n1c(=O)n(C[C@H]2CCCCO2)c2cc(C(=O)O)cnc21. The summed E-state index contributed by atoms with van der Waals surface area (Å²) in [6, 6.07) is 1.60. The number of aromatic carboxylic acids is 1. The molecule has 0 aliphatic carbocycles. The van der Waals surface area contributed by atoms with Crippen LogP contribution in [-0.2, 0) is 11.3 Å². The maximum absolute atomic E-state index is 13.1. The van der Waals surface area contributed by atoms with Crippen molar-refractivity contribution < 1.29 is 14.6 Å². The summed E-state index contributed by atoms with van der Waals surface area (Å²) in [6.45, 7) is 5.23. The van der Waals surface area contributed by atoms with Crippen molar-refractivity contribution in [2.24, 2.45) is 0 Å². The lowest BCUT2D eigenvalue weighted by molar-refractivity contribution is 0.00597. The summed E-state index contributed by atoms with van der Waals surface area (Å²) in [5.41, 5.74) is 1.09. The molecule has 2 aromatic rings. The summed E-state index contributed by atoms with van der Waals surface area (Å²) in [5.74, 6) is -1.04. The first-order valence-corrected chi connectivity index (χ1v) is 9.02. The Hall–Kier alpha value is -2.15. The van der Waals surface area contributed by atoms with E-state index in [2.05, 4.69) is 4.98 Å². The van der Waals surface area contributed by atoms with E-state index in [1.54, 1.807) is 15.2 Å². The van der Waals surface area contributed by atoms with Gasteiger partial charge in [0, 0.05) is 18.8 Å². The molecule has 7 nitrogen and oxygen atoms in total. The highest BCUT2D eigenvalue weighted by Gasteiger charge is 2.23. The van der Waals surface area contributed by atoms with E-state index < -0.39 is 5.97 Å². The van der Waals surface area contributed by atoms with Crippen LogP contribution in [0.4, 0.5) is 0 Å². The number of hydrogen-bond donors (Lipinski definition) is 1. The van der Waals surface area contributed by atoms with E-state index in [0.717, 1.165) is 32.1 Å². The van der Waals surface area contributed by atoms with Gasteiger partial charge in [0.1, 0.15) is 0 Å². The third kappa shape index (κ3) is 3.33. The zero-order valence-corrected chi connectivity index (χ0v) is 14.8. The van der Waals surface area contributed by atoms with Crippen LogP contribution in [0, 0.1) is 0 Å². The number of hydrogen-bond acceptors (Lipinski definition) is 4. The van der Waals surface area contributed by atoms with Gasteiger partial charge in [-0.05, 0) is 38.2 Å². The minimum Gasteiger partial charge on any atom is -0.478 e. The third-order valence-electron chi connectivity index (χ3n) is 5.02. The fourth-order valence-electron chi connectivity index (χ4n) is 3.59. The van der Waals surface area contributed by atoms with E-state index >= 15 is 0 Å². The van der Waals surface area contributed by atoms with Crippen molar-refractivity contribution in [3.8, 4) is 0 Å². The zero-order valence-electron chi connectivity index (χ0n) is 14.8. The van der Waals surface area contributed by atoms with Crippen molar-refractivity contribution in [1.29, 1.82) is 0 Å². The fraction of sp³-hybridized carbons (Fsp3) is 0.611. The first-order valence-electron chi connectivity index (χ1n) is 9.02. The molecular weight excluding hydrogens is 322 g/mol. The number of pyridine rings is 1. The van der Waals surface area contributed by atoms with Crippen LogP contribution in [0.25, 0.3) is 11.2 Å². The lowest BCUT2D eigenvalue weighted by Gasteiger charge is -2.22. The maximum atomic E-state index is 13.1. The monoisotopic (exact) mass is 347 g/mol. The molecule has 1 N–H and O–H groups in total. The molecule has 0 unspecified atom stereocenters. The number of carbonyl (C=O) groups is 1. The number of imidazole rings is 1. The highest BCUT2D eigenvalue weighted by Crippen LogP contribution is 2.23. The normalized spacial score (nSPS) is 18.1.